The summed E-state index contributed by atoms with van der Waals surface area (Å²) < 4.78 is 9.51. The standard InChI is InChI=1S/C13H24N2O5/c1-5-19-10(16)8-15(7-9(3)4)12(17)11(14)13(18)20-6-2/h9,11H,5-8,14H2,1-4H3. The highest BCUT2D eigenvalue weighted by atomic mass is 16.5. The molecule has 0 aliphatic carbocycles. The van der Waals surface area contributed by atoms with Gasteiger partial charge in [0.05, 0.1) is 13.2 Å². The Morgan fingerprint density at radius 2 is 1.65 bits per heavy atom. The fourth-order valence-corrected chi connectivity index (χ4v) is 1.57. The maximum Gasteiger partial charge on any atom is 0.332 e. The Kier molecular flexibility index (Phi) is 8.54. The number of rotatable bonds is 8. The zero-order valence-corrected chi connectivity index (χ0v) is 12.5. The Bertz CT molecular complexity index is 344. The van der Waals surface area contributed by atoms with E-state index in [1.165, 1.54) is 4.90 Å². The number of ether oxygens (including phenoxy) is 2. The molecule has 0 aromatic rings. The molecule has 0 rings (SSSR count). The molecule has 0 heterocycles. The molecule has 0 saturated carbocycles. The summed E-state index contributed by atoms with van der Waals surface area (Å²) in [5.74, 6) is -1.83. The summed E-state index contributed by atoms with van der Waals surface area (Å²) in [5.41, 5.74) is 5.56. The van der Waals surface area contributed by atoms with Crippen molar-refractivity contribution in [3.63, 3.8) is 0 Å². The molecule has 0 aromatic carbocycles. The van der Waals surface area contributed by atoms with Gasteiger partial charge in [0.25, 0.3) is 5.91 Å². The van der Waals surface area contributed by atoms with E-state index < -0.39 is 23.9 Å². The van der Waals surface area contributed by atoms with Crippen LogP contribution in [0.4, 0.5) is 0 Å². The highest BCUT2D eigenvalue weighted by Gasteiger charge is 2.30. The van der Waals surface area contributed by atoms with Crippen molar-refractivity contribution >= 4 is 17.8 Å². The summed E-state index contributed by atoms with van der Waals surface area (Å²) in [6.07, 6.45) is 0. The Morgan fingerprint density at radius 1 is 1.10 bits per heavy atom. The van der Waals surface area contributed by atoms with E-state index in [1.54, 1.807) is 13.8 Å². The molecule has 116 valence electrons. The molecule has 0 aliphatic rings. The monoisotopic (exact) mass is 288 g/mol. The molecule has 20 heavy (non-hydrogen) atoms. The van der Waals surface area contributed by atoms with Crippen molar-refractivity contribution in [2.24, 2.45) is 11.7 Å². The van der Waals surface area contributed by atoms with Gasteiger partial charge in [-0.25, -0.2) is 4.79 Å². The van der Waals surface area contributed by atoms with Gasteiger partial charge in [-0.15, -0.1) is 0 Å². The average Bonchev–Trinajstić information content (AvgIpc) is 2.36. The Morgan fingerprint density at radius 3 is 2.10 bits per heavy atom. The van der Waals surface area contributed by atoms with Gasteiger partial charge in [-0.1, -0.05) is 13.8 Å². The van der Waals surface area contributed by atoms with Gasteiger partial charge in [-0.2, -0.15) is 0 Å². The maximum absolute atomic E-state index is 12.1. The topological polar surface area (TPSA) is 98.9 Å². The third-order valence-corrected chi connectivity index (χ3v) is 2.33. The molecule has 0 aliphatic heterocycles. The predicted molar refractivity (Wildman–Crippen MR) is 72.7 cm³/mol. The largest absolute Gasteiger partial charge is 0.465 e. The van der Waals surface area contributed by atoms with E-state index in [9.17, 15) is 14.4 Å². The highest BCUT2D eigenvalue weighted by molar-refractivity contribution is 6.02. The first-order chi connectivity index (χ1) is 9.33. The second kappa shape index (κ2) is 9.30. The van der Waals surface area contributed by atoms with Crippen LogP contribution in [0, 0.1) is 5.92 Å². The third kappa shape index (κ3) is 6.51. The lowest BCUT2D eigenvalue weighted by atomic mass is 10.2. The van der Waals surface area contributed by atoms with Crippen molar-refractivity contribution in [3.05, 3.63) is 0 Å². The molecule has 0 saturated heterocycles. The van der Waals surface area contributed by atoms with Crippen LogP contribution in [0.15, 0.2) is 0 Å². The first-order valence-corrected chi connectivity index (χ1v) is 6.70. The van der Waals surface area contributed by atoms with Crippen LogP contribution in [0.1, 0.15) is 27.7 Å². The zero-order chi connectivity index (χ0) is 15.7. The molecule has 1 amide bonds. The smallest absolute Gasteiger partial charge is 0.332 e. The molecule has 7 heteroatoms. The lowest BCUT2D eigenvalue weighted by molar-refractivity contribution is -0.155. The number of hydrogen-bond donors (Lipinski definition) is 1. The molecule has 0 bridgehead atoms. The van der Waals surface area contributed by atoms with E-state index in [0.717, 1.165) is 0 Å². The minimum absolute atomic E-state index is 0.128. The summed E-state index contributed by atoms with van der Waals surface area (Å²) in [5, 5.41) is 0. The third-order valence-electron chi connectivity index (χ3n) is 2.33. The van der Waals surface area contributed by atoms with E-state index in [0.29, 0.717) is 6.54 Å². The van der Waals surface area contributed by atoms with Crippen molar-refractivity contribution in [1.29, 1.82) is 0 Å². The molecular formula is C13H24N2O5. The van der Waals surface area contributed by atoms with Crippen LogP contribution < -0.4 is 5.73 Å². The Hall–Kier alpha value is -1.63. The first-order valence-electron chi connectivity index (χ1n) is 6.70. The molecule has 0 aromatic heterocycles. The van der Waals surface area contributed by atoms with Gasteiger partial charge in [0, 0.05) is 6.54 Å². The number of esters is 2. The van der Waals surface area contributed by atoms with Crippen LogP contribution in [-0.4, -0.2) is 55.1 Å². The highest BCUT2D eigenvalue weighted by Crippen LogP contribution is 2.03. The molecular weight excluding hydrogens is 264 g/mol. The summed E-state index contributed by atoms with van der Waals surface area (Å²) in [6.45, 7) is 7.54. The van der Waals surface area contributed by atoms with E-state index in [1.807, 2.05) is 13.8 Å². The SMILES string of the molecule is CCOC(=O)CN(CC(C)C)C(=O)C(N)C(=O)OCC. The lowest BCUT2D eigenvalue weighted by Crippen LogP contribution is -2.51. The van der Waals surface area contributed by atoms with Crippen molar-refractivity contribution in [2.75, 3.05) is 26.3 Å². The minimum Gasteiger partial charge on any atom is -0.465 e. The molecule has 2 N–H and O–H groups in total. The van der Waals surface area contributed by atoms with Crippen molar-refractivity contribution in [1.82, 2.24) is 4.90 Å². The zero-order valence-electron chi connectivity index (χ0n) is 12.5. The molecule has 1 atom stereocenters. The number of hydrogen-bond acceptors (Lipinski definition) is 6. The second-order valence-electron chi connectivity index (χ2n) is 4.65. The van der Waals surface area contributed by atoms with Crippen LogP contribution in [0.5, 0.6) is 0 Å². The number of carbonyl (C=O) groups excluding carboxylic acids is 3. The van der Waals surface area contributed by atoms with Gasteiger partial charge < -0.3 is 20.1 Å². The molecule has 0 radical (unpaired) electrons. The molecule has 1 unspecified atom stereocenters. The predicted octanol–water partition coefficient (Wildman–Crippen LogP) is -0.0755. The molecule has 0 spiro atoms. The quantitative estimate of drug-likeness (QED) is 0.495. The second-order valence-corrected chi connectivity index (χ2v) is 4.65. The van der Waals surface area contributed by atoms with E-state index in [2.05, 4.69) is 0 Å². The van der Waals surface area contributed by atoms with Crippen LogP contribution in [0.3, 0.4) is 0 Å². The molecule has 7 nitrogen and oxygen atoms in total. The molecule has 0 fully saturated rings. The van der Waals surface area contributed by atoms with Crippen LogP contribution in [0.25, 0.3) is 0 Å². The fourth-order valence-electron chi connectivity index (χ4n) is 1.57. The fraction of sp³-hybridized carbons (Fsp3) is 0.769. The summed E-state index contributed by atoms with van der Waals surface area (Å²) in [4.78, 5) is 36.3. The van der Waals surface area contributed by atoms with Gasteiger partial charge >= 0.3 is 11.9 Å². The van der Waals surface area contributed by atoms with Gasteiger partial charge in [0.2, 0.25) is 0 Å². The average molecular weight is 288 g/mol. The number of amides is 1. The van der Waals surface area contributed by atoms with Crippen molar-refractivity contribution < 1.29 is 23.9 Å². The maximum atomic E-state index is 12.1. The van der Waals surface area contributed by atoms with Gasteiger partial charge in [0.1, 0.15) is 6.54 Å². The number of nitrogens with two attached hydrogens (primary N) is 1. The normalized spacial score (nSPS) is 11.9. The van der Waals surface area contributed by atoms with Gasteiger partial charge in [0.15, 0.2) is 6.04 Å². The first kappa shape index (κ1) is 18.4. The van der Waals surface area contributed by atoms with Crippen LogP contribution in [0.2, 0.25) is 0 Å². The number of carbonyl (C=O) groups is 3. The van der Waals surface area contributed by atoms with Crippen molar-refractivity contribution in [2.45, 2.75) is 33.7 Å². The summed E-state index contributed by atoms with van der Waals surface area (Å²) in [7, 11) is 0. The Balaban J connectivity index is 4.79. The van der Waals surface area contributed by atoms with Gasteiger partial charge in [-0.3, -0.25) is 9.59 Å². The van der Waals surface area contributed by atoms with Crippen molar-refractivity contribution in [3.8, 4) is 0 Å². The summed E-state index contributed by atoms with van der Waals surface area (Å²) in [6, 6.07) is -1.41. The Labute approximate surface area is 119 Å². The van der Waals surface area contributed by atoms with Gasteiger partial charge in [-0.05, 0) is 19.8 Å². The number of nitrogens with zero attached hydrogens (tertiary/aromatic N) is 1. The lowest BCUT2D eigenvalue weighted by Gasteiger charge is -2.25. The van der Waals surface area contributed by atoms with E-state index in [-0.39, 0.29) is 25.7 Å². The van der Waals surface area contributed by atoms with E-state index in [4.69, 9.17) is 15.2 Å². The van der Waals surface area contributed by atoms with Crippen LogP contribution >= 0.6 is 0 Å². The van der Waals surface area contributed by atoms with E-state index >= 15 is 0 Å². The summed E-state index contributed by atoms with van der Waals surface area (Å²) >= 11 is 0. The van der Waals surface area contributed by atoms with Crippen LogP contribution in [-0.2, 0) is 23.9 Å². The minimum atomic E-state index is -1.41.